The summed E-state index contributed by atoms with van der Waals surface area (Å²) in [6.07, 6.45) is 1.15. The summed E-state index contributed by atoms with van der Waals surface area (Å²) in [5.41, 5.74) is 1.10. The molecular formula is C13H20N2O2. The molecule has 1 aliphatic rings. The molecule has 17 heavy (non-hydrogen) atoms. The smallest absolute Gasteiger partial charge is 0.250 e. The van der Waals surface area contributed by atoms with E-state index in [0.29, 0.717) is 5.92 Å². The van der Waals surface area contributed by atoms with Gasteiger partial charge in [0, 0.05) is 38.0 Å². The van der Waals surface area contributed by atoms with Gasteiger partial charge >= 0.3 is 0 Å². The summed E-state index contributed by atoms with van der Waals surface area (Å²) >= 11 is 0. The molecule has 0 saturated carbocycles. The van der Waals surface area contributed by atoms with Gasteiger partial charge in [0.15, 0.2) is 0 Å². The average Bonchev–Trinajstić information content (AvgIpc) is 2.80. The van der Waals surface area contributed by atoms with Crippen LogP contribution in [0.4, 0.5) is 0 Å². The van der Waals surface area contributed by atoms with Crippen LogP contribution in [0.15, 0.2) is 23.0 Å². The van der Waals surface area contributed by atoms with Gasteiger partial charge in [-0.3, -0.25) is 4.79 Å². The Bertz CT molecular complexity index is 408. The molecule has 1 aromatic heterocycles. The van der Waals surface area contributed by atoms with Crippen molar-refractivity contribution in [1.82, 2.24) is 9.88 Å². The molecule has 1 saturated heterocycles. The van der Waals surface area contributed by atoms with Crippen molar-refractivity contribution in [3.8, 4) is 0 Å². The van der Waals surface area contributed by atoms with E-state index in [4.69, 9.17) is 4.74 Å². The van der Waals surface area contributed by atoms with Gasteiger partial charge in [-0.05, 0) is 25.3 Å². The number of rotatable bonds is 5. The highest BCUT2D eigenvalue weighted by Gasteiger charge is 2.14. The Morgan fingerprint density at radius 1 is 1.53 bits per heavy atom. The van der Waals surface area contributed by atoms with Gasteiger partial charge in [0.1, 0.15) is 0 Å². The van der Waals surface area contributed by atoms with E-state index in [1.165, 1.54) is 0 Å². The summed E-state index contributed by atoms with van der Waals surface area (Å²) in [6, 6.07) is 5.38. The van der Waals surface area contributed by atoms with Crippen molar-refractivity contribution in [2.75, 3.05) is 26.3 Å². The maximum atomic E-state index is 11.6. The van der Waals surface area contributed by atoms with Gasteiger partial charge in [0.2, 0.25) is 0 Å². The molecule has 0 spiro atoms. The van der Waals surface area contributed by atoms with Gasteiger partial charge < -0.3 is 14.6 Å². The van der Waals surface area contributed by atoms with E-state index in [9.17, 15) is 4.79 Å². The Morgan fingerprint density at radius 2 is 2.41 bits per heavy atom. The number of pyridine rings is 1. The predicted molar refractivity (Wildman–Crippen MR) is 67.2 cm³/mol. The zero-order chi connectivity index (χ0) is 12.1. The normalized spacial score (nSPS) is 19.7. The quantitative estimate of drug-likeness (QED) is 0.768. The van der Waals surface area contributed by atoms with Crippen LogP contribution in [0.5, 0.6) is 0 Å². The van der Waals surface area contributed by atoms with E-state index in [2.05, 4.69) is 5.32 Å². The van der Waals surface area contributed by atoms with Crippen LogP contribution in [0, 0.1) is 12.8 Å². The van der Waals surface area contributed by atoms with Crippen LogP contribution < -0.4 is 10.9 Å². The number of aromatic nitrogens is 1. The lowest BCUT2D eigenvalue weighted by Gasteiger charge is -2.12. The molecule has 0 aliphatic carbocycles. The molecule has 1 fully saturated rings. The molecule has 4 heteroatoms. The lowest BCUT2D eigenvalue weighted by atomic mass is 10.1. The minimum absolute atomic E-state index is 0.0796. The summed E-state index contributed by atoms with van der Waals surface area (Å²) in [6.45, 7) is 6.29. The second-order valence-corrected chi connectivity index (χ2v) is 4.59. The van der Waals surface area contributed by atoms with Gasteiger partial charge in [-0.15, -0.1) is 0 Å². The predicted octanol–water partition coefficient (Wildman–Crippen LogP) is 0.783. The third-order valence-corrected chi connectivity index (χ3v) is 3.24. The first-order chi connectivity index (χ1) is 8.27. The maximum Gasteiger partial charge on any atom is 0.250 e. The number of hydrogen-bond acceptors (Lipinski definition) is 3. The fourth-order valence-electron chi connectivity index (χ4n) is 2.15. The lowest BCUT2D eigenvalue weighted by molar-refractivity contribution is 0.185. The molecule has 0 bridgehead atoms. The van der Waals surface area contributed by atoms with E-state index in [-0.39, 0.29) is 5.56 Å². The second-order valence-electron chi connectivity index (χ2n) is 4.59. The SMILES string of the molecule is Cc1cccc(=O)n1CCNCC1CCOC1. The third kappa shape index (κ3) is 3.41. The van der Waals surface area contributed by atoms with Crippen LogP contribution in [-0.2, 0) is 11.3 Å². The van der Waals surface area contributed by atoms with Crippen LogP contribution >= 0.6 is 0 Å². The van der Waals surface area contributed by atoms with E-state index in [1.54, 1.807) is 16.7 Å². The van der Waals surface area contributed by atoms with Crippen molar-refractivity contribution in [2.24, 2.45) is 5.92 Å². The van der Waals surface area contributed by atoms with Crippen molar-refractivity contribution in [3.63, 3.8) is 0 Å². The summed E-state index contributed by atoms with van der Waals surface area (Å²) in [5, 5.41) is 3.39. The highest BCUT2D eigenvalue weighted by atomic mass is 16.5. The van der Waals surface area contributed by atoms with E-state index in [0.717, 1.165) is 45.0 Å². The zero-order valence-corrected chi connectivity index (χ0v) is 10.3. The van der Waals surface area contributed by atoms with Gasteiger partial charge in [0.25, 0.3) is 5.56 Å². The fourth-order valence-corrected chi connectivity index (χ4v) is 2.15. The molecule has 2 rings (SSSR count). The monoisotopic (exact) mass is 236 g/mol. The number of aryl methyl sites for hydroxylation is 1. The van der Waals surface area contributed by atoms with E-state index < -0.39 is 0 Å². The molecule has 94 valence electrons. The second kappa shape index (κ2) is 5.98. The summed E-state index contributed by atoms with van der Waals surface area (Å²) in [7, 11) is 0. The molecule has 1 unspecified atom stereocenters. The molecule has 1 aliphatic heterocycles. The third-order valence-electron chi connectivity index (χ3n) is 3.24. The van der Waals surface area contributed by atoms with Crippen molar-refractivity contribution in [3.05, 3.63) is 34.2 Å². The van der Waals surface area contributed by atoms with Crippen molar-refractivity contribution < 1.29 is 4.74 Å². The first-order valence-electron chi connectivity index (χ1n) is 6.22. The van der Waals surface area contributed by atoms with Gasteiger partial charge in [0.05, 0.1) is 6.61 Å². The molecule has 2 heterocycles. The molecule has 0 amide bonds. The summed E-state index contributed by atoms with van der Waals surface area (Å²) in [5.74, 6) is 0.642. The molecule has 1 N–H and O–H groups in total. The fraction of sp³-hybridized carbons (Fsp3) is 0.615. The maximum absolute atomic E-state index is 11.6. The van der Waals surface area contributed by atoms with Crippen LogP contribution in [0.25, 0.3) is 0 Å². The number of ether oxygens (including phenoxy) is 1. The van der Waals surface area contributed by atoms with E-state index >= 15 is 0 Å². The molecule has 0 radical (unpaired) electrons. The van der Waals surface area contributed by atoms with E-state index in [1.807, 2.05) is 13.0 Å². The van der Waals surface area contributed by atoms with Crippen molar-refractivity contribution in [1.29, 1.82) is 0 Å². The molecule has 1 atom stereocenters. The largest absolute Gasteiger partial charge is 0.381 e. The Kier molecular flexibility index (Phi) is 4.34. The highest BCUT2D eigenvalue weighted by Crippen LogP contribution is 2.10. The number of nitrogens with one attached hydrogen (secondary N) is 1. The number of hydrogen-bond donors (Lipinski definition) is 1. The molecule has 4 nitrogen and oxygen atoms in total. The van der Waals surface area contributed by atoms with Crippen LogP contribution in [-0.4, -0.2) is 30.9 Å². The minimum atomic E-state index is 0.0796. The first-order valence-corrected chi connectivity index (χ1v) is 6.22. The average molecular weight is 236 g/mol. The van der Waals surface area contributed by atoms with Crippen molar-refractivity contribution in [2.45, 2.75) is 19.9 Å². The number of nitrogens with zero attached hydrogens (tertiary/aromatic N) is 1. The Balaban J connectivity index is 1.76. The molecule has 1 aromatic rings. The standard InChI is InChI=1S/C13H20N2O2/c1-11-3-2-4-13(16)15(11)7-6-14-9-12-5-8-17-10-12/h2-4,12,14H,5-10H2,1H3. The Labute approximate surface area is 102 Å². The highest BCUT2D eigenvalue weighted by molar-refractivity contribution is 5.04. The minimum Gasteiger partial charge on any atom is -0.381 e. The Morgan fingerprint density at radius 3 is 3.12 bits per heavy atom. The zero-order valence-electron chi connectivity index (χ0n) is 10.3. The molecule has 0 aromatic carbocycles. The Hall–Kier alpha value is -1.13. The van der Waals surface area contributed by atoms with Gasteiger partial charge in [-0.1, -0.05) is 6.07 Å². The van der Waals surface area contributed by atoms with Crippen LogP contribution in [0.3, 0.4) is 0 Å². The van der Waals surface area contributed by atoms with Crippen molar-refractivity contribution >= 4 is 0 Å². The lowest BCUT2D eigenvalue weighted by Crippen LogP contribution is -2.30. The van der Waals surface area contributed by atoms with Crippen LogP contribution in [0.1, 0.15) is 12.1 Å². The van der Waals surface area contributed by atoms with Gasteiger partial charge in [-0.25, -0.2) is 0 Å². The summed E-state index contributed by atoms with van der Waals surface area (Å²) < 4.78 is 7.12. The van der Waals surface area contributed by atoms with Gasteiger partial charge in [-0.2, -0.15) is 0 Å². The molecular weight excluding hydrogens is 216 g/mol. The summed E-state index contributed by atoms with van der Waals surface area (Å²) in [4.78, 5) is 11.6. The van der Waals surface area contributed by atoms with Crippen LogP contribution in [0.2, 0.25) is 0 Å². The first kappa shape index (κ1) is 12.3. The topological polar surface area (TPSA) is 43.3 Å².